The number of rotatable bonds is 3. The highest BCUT2D eigenvalue weighted by Gasteiger charge is 2.22. The van der Waals surface area contributed by atoms with Crippen LogP contribution < -0.4 is 5.32 Å². The predicted octanol–water partition coefficient (Wildman–Crippen LogP) is 3.87. The van der Waals surface area contributed by atoms with E-state index in [1.54, 1.807) is 0 Å². The molecule has 0 saturated carbocycles. The summed E-state index contributed by atoms with van der Waals surface area (Å²) in [6, 6.07) is 8.89. The van der Waals surface area contributed by atoms with Crippen molar-refractivity contribution in [1.29, 1.82) is 0 Å². The molecule has 0 amide bonds. The lowest BCUT2D eigenvalue weighted by atomic mass is 9.92. The summed E-state index contributed by atoms with van der Waals surface area (Å²) < 4.78 is 3.43. The Morgan fingerprint density at radius 2 is 2.35 bits per heavy atom. The number of piperidine rings is 1. The van der Waals surface area contributed by atoms with Gasteiger partial charge in [-0.2, -0.15) is 0 Å². The van der Waals surface area contributed by atoms with Crippen LogP contribution in [0, 0.1) is 5.92 Å². The molecule has 3 nitrogen and oxygen atoms in total. The van der Waals surface area contributed by atoms with Gasteiger partial charge in [0.1, 0.15) is 0 Å². The summed E-state index contributed by atoms with van der Waals surface area (Å²) in [7, 11) is 0. The molecule has 4 heteroatoms. The fourth-order valence-corrected chi connectivity index (χ4v) is 3.42. The van der Waals surface area contributed by atoms with Crippen molar-refractivity contribution in [1.82, 2.24) is 14.9 Å². The number of nitrogens with zero attached hydrogens (tertiary/aromatic N) is 2. The molecular formula is C16H20BrN3. The third-order valence-electron chi connectivity index (χ3n) is 4.24. The van der Waals surface area contributed by atoms with Crippen molar-refractivity contribution in [3.8, 4) is 11.3 Å². The number of halogens is 1. The van der Waals surface area contributed by atoms with Crippen LogP contribution in [0.1, 0.15) is 25.8 Å². The van der Waals surface area contributed by atoms with Gasteiger partial charge in [0.25, 0.3) is 0 Å². The van der Waals surface area contributed by atoms with Gasteiger partial charge in [-0.25, -0.2) is 4.98 Å². The Hall–Kier alpha value is -1.13. The third-order valence-corrected chi connectivity index (χ3v) is 4.74. The first kappa shape index (κ1) is 13.8. The Kier molecular flexibility index (Phi) is 4.22. The highest BCUT2D eigenvalue weighted by Crippen LogP contribution is 2.30. The highest BCUT2D eigenvalue weighted by atomic mass is 79.9. The van der Waals surface area contributed by atoms with Gasteiger partial charge < -0.3 is 9.88 Å². The number of benzene rings is 1. The molecule has 1 aromatic heterocycles. The summed E-state index contributed by atoms with van der Waals surface area (Å²) in [5.74, 6) is 0.684. The molecule has 1 aromatic carbocycles. The molecule has 1 aliphatic heterocycles. The van der Waals surface area contributed by atoms with Gasteiger partial charge in [0, 0.05) is 16.1 Å². The Morgan fingerprint density at radius 3 is 3.10 bits per heavy atom. The molecule has 20 heavy (non-hydrogen) atoms. The van der Waals surface area contributed by atoms with Crippen LogP contribution in [0.5, 0.6) is 0 Å². The van der Waals surface area contributed by atoms with Crippen LogP contribution in [0.15, 0.2) is 41.3 Å². The van der Waals surface area contributed by atoms with E-state index in [2.05, 4.69) is 62.0 Å². The lowest BCUT2D eigenvalue weighted by Gasteiger charge is -2.30. The lowest BCUT2D eigenvalue weighted by Crippen LogP contribution is -2.34. The fourth-order valence-electron chi connectivity index (χ4n) is 3.02. The molecule has 1 saturated heterocycles. The Labute approximate surface area is 128 Å². The van der Waals surface area contributed by atoms with Gasteiger partial charge in [-0.05, 0) is 50.9 Å². The van der Waals surface area contributed by atoms with E-state index < -0.39 is 0 Å². The second-order valence-electron chi connectivity index (χ2n) is 5.54. The van der Waals surface area contributed by atoms with Gasteiger partial charge in [0.2, 0.25) is 0 Å². The first-order chi connectivity index (χ1) is 9.75. The first-order valence-corrected chi connectivity index (χ1v) is 8.03. The minimum atomic E-state index is 0.472. The van der Waals surface area contributed by atoms with Crippen molar-refractivity contribution < 1.29 is 0 Å². The quantitative estimate of drug-likeness (QED) is 0.923. The largest absolute Gasteiger partial charge is 0.327 e. The summed E-state index contributed by atoms with van der Waals surface area (Å²) in [6.07, 6.45) is 6.50. The maximum absolute atomic E-state index is 4.37. The van der Waals surface area contributed by atoms with E-state index in [1.165, 1.54) is 24.1 Å². The Balaban J connectivity index is 1.89. The number of aromatic nitrogens is 2. The minimum Gasteiger partial charge on any atom is -0.327 e. The molecule has 2 atom stereocenters. The lowest BCUT2D eigenvalue weighted by molar-refractivity contribution is 0.281. The number of imidazole rings is 1. The monoisotopic (exact) mass is 333 g/mol. The predicted molar refractivity (Wildman–Crippen MR) is 85.7 cm³/mol. The van der Waals surface area contributed by atoms with E-state index in [-0.39, 0.29) is 0 Å². The average Bonchev–Trinajstić information content (AvgIpc) is 2.97. The van der Waals surface area contributed by atoms with Crippen molar-refractivity contribution in [2.24, 2.45) is 5.92 Å². The number of nitrogens with one attached hydrogen (secondary N) is 1. The van der Waals surface area contributed by atoms with Crippen LogP contribution in [-0.4, -0.2) is 22.6 Å². The van der Waals surface area contributed by atoms with Crippen LogP contribution in [0.4, 0.5) is 0 Å². The topological polar surface area (TPSA) is 29.9 Å². The molecule has 1 fully saturated rings. The minimum absolute atomic E-state index is 0.472. The smallest absolute Gasteiger partial charge is 0.0953 e. The highest BCUT2D eigenvalue weighted by molar-refractivity contribution is 9.10. The van der Waals surface area contributed by atoms with E-state index in [1.807, 2.05) is 12.5 Å². The molecule has 0 radical (unpaired) electrons. The van der Waals surface area contributed by atoms with E-state index >= 15 is 0 Å². The third kappa shape index (κ3) is 2.81. The van der Waals surface area contributed by atoms with Crippen molar-refractivity contribution in [2.45, 2.75) is 25.8 Å². The van der Waals surface area contributed by atoms with Crippen LogP contribution in [-0.2, 0) is 0 Å². The Bertz CT molecular complexity index is 573. The molecule has 0 bridgehead atoms. The van der Waals surface area contributed by atoms with E-state index in [0.717, 1.165) is 17.6 Å². The molecule has 3 rings (SSSR count). The molecule has 1 N–H and O–H groups in total. The zero-order valence-electron chi connectivity index (χ0n) is 11.7. The maximum Gasteiger partial charge on any atom is 0.0953 e. The summed E-state index contributed by atoms with van der Waals surface area (Å²) in [5.41, 5.74) is 2.41. The zero-order chi connectivity index (χ0) is 13.9. The van der Waals surface area contributed by atoms with Gasteiger partial charge in [0.05, 0.1) is 18.2 Å². The van der Waals surface area contributed by atoms with Crippen LogP contribution in [0.25, 0.3) is 11.3 Å². The average molecular weight is 334 g/mol. The molecule has 0 spiro atoms. The fraction of sp³-hybridized carbons (Fsp3) is 0.438. The standard InChI is InChI=1S/C16H20BrN3/c1-12(14-5-3-7-18-9-14)20-11-19-10-16(20)13-4-2-6-15(17)8-13/h2,4,6,8,10-12,14,18H,3,5,7,9H2,1H3. The SMILES string of the molecule is CC(C1CCCNC1)n1cncc1-c1cccc(Br)c1. The molecule has 0 aliphatic carbocycles. The van der Waals surface area contributed by atoms with Crippen LogP contribution >= 0.6 is 15.9 Å². The van der Waals surface area contributed by atoms with Gasteiger partial charge in [-0.1, -0.05) is 28.1 Å². The molecule has 1 aliphatic rings. The van der Waals surface area contributed by atoms with E-state index in [9.17, 15) is 0 Å². The Morgan fingerprint density at radius 1 is 1.45 bits per heavy atom. The second kappa shape index (κ2) is 6.10. The van der Waals surface area contributed by atoms with Crippen molar-refractivity contribution in [3.05, 3.63) is 41.3 Å². The first-order valence-electron chi connectivity index (χ1n) is 7.24. The van der Waals surface area contributed by atoms with E-state index in [4.69, 9.17) is 0 Å². The molecule has 106 valence electrons. The molecule has 2 aromatic rings. The summed E-state index contributed by atoms with van der Waals surface area (Å²) in [5, 5.41) is 3.50. The van der Waals surface area contributed by atoms with Crippen LogP contribution in [0.2, 0.25) is 0 Å². The second-order valence-corrected chi connectivity index (χ2v) is 6.46. The van der Waals surface area contributed by atoms with E-state index in [0.29, 0.717) is 12.0 Å². The van der Waals surface area contributed by atoms with Gasteiger partial charge in [-0.3, -0.25) is 0 Å². The van der Waals surface area contributed by atoms with Crippen molar-refractivity contribution >= 4 is 15.9 Å². The normalized spacial score (nSPS) is 20.8. The zero-order valence-corrected chi connectivity index (χ0v) is 13.3. The van der Waals surface area contributed by atoms with Gasteiger partial charge in [0.15, 0.2) is 0 Å². The summed E-state index contributed by atoms with van der Waals surface area (Å²) >= 11 is 3.55. The van der Waals surface area contributed by atoms with Gasteiger partial charge >= 0.3 is 0 Å². The maximum atomic E-state index is 4.37. The van der Waals surface area contributed by atoms with Gasteiger partial charge in [-0.15, -0.1) is 0 Å². The summed E-state index contributed by atoms with van der Waals surface area (Å²) in [6.45, 7) is 4.57. The van der Waals surface area contributed by atoms with Crippen molar-refractivity contribution in [2.75, 3.05) is 13.1 Å². The number of hydrogen-bond donors (Lipinski definition) is 1. The summed E-state index contributed by atoms with van der Waals surface area (Å²) in [4.78, 5) is 4.37. The van der Waals surface area contributed by atoms with Crippen LogP contribution in [0.3, 0.4) is 0 Å². The molecular weight excluding hydrogens is 314 g/mol. The molecule has 2 unspecified atom stereocenters. The molecule has 2 heterocycles. The number of hydrogen-bond acceptors (Lipinski definition) is 2. The van der Waals surface area contributed by atoms with Crippen molar-refractivity contribution in [3.63, 3.8) is 0 Å².